The number of hydrogen-bond donors (Lipinski definition) is 1. The molecule has 7 nitrogen and oxygen atoms in total. The van der Waals surface area contributed by atoms with E-state index in [4.69, 9.17) is 0 Å². The molecule has 0 fully saturated rings. The molecular weight excluding hydrogens is 288 g/mol. The van der Waals surface area contributed by atoms with Crippen molar-refractivity contribution in [2.24, 2.45) is 0 Å². The van der Waals surface area contributed by atoms with E-state index in [1.807, 2.05) is 25.3 Å². The molecule has 0 spiro atoms. The van der Waals surface area contributed by atoms with Gasteiger partial charge in [-0.25, -0.2) is 9.97 Å². The highest BCUT2D eigenvalue weighted by Crippen LogP contribution is 2.16. The molecule has 3 aromatic rings. The van der Waals surface area contributed by atoms with Crippen molar-refractivity contribution >= 4 is 29.3 Å². The smallest absolute Gasteiger partial charge is 0.255 e. The van der Waals surface area contributed by atoms with Crippen LogP contribution in [0.25, 0.3) is 5.78 Å². The van der Waals surface area contributed by atoms with Crippen molar-refractivity contribution in [3.8, 4) is 0 Å². The lowest BCUT2D eigenvalue weighted by molar-refractivity contribution is -0.113. The van der Waals surface area contributed by atoms with Gasteiger partial charge >= 0.3 is 0 Å². The van der Waals surface area contributed by atoms with E-state index in [9.17, 15) is 4.79 Å². The molecule has 0 aliphatic carbocycles. The Morgan fingerprint density at radius 1 is 1.33 bits per heavy atom. The van der Waals surface area contributed by atoms with Crippen molar-refractivity contribution in [2.75, 3.05) is 11.1 Å². The Bertz CT molecular complexity index is 787. The number of carbonyl (C=O) groups excluding carboxylic acids is 1. The topological polar surface area (TPSA) is 85.1 Å². The second-order valence-corrected chi connectivity index (χ2v) is 5.22. The number of aryl methyl sites for hydroxylation is 1. The maximum atomic E-state index is 11.9. The van der Waals surface area contributed by atoms with E-state index in [2.05, 4.69) is 25.5 Å². The third-order valence-electron chi connectivity index (χ3n) is 2.65. The Morgan fingerprint density at radius 2 is 2.24 bits per heavy atom. The highest BCUT2D eigenvalue weighted by atomic mass is 32.2. The lowest BCUT2D eigenvalue weighted by Gasteiger charge is -2.04. The number of hydrogen-bond acceptors (Lipinski definition) is 6. The predicted octanol–water partition coefficient (Wildman–Crippen LogP) is 1.56. The SMILES string of the molecule is Cc1cccc(NC(=O)CSc2nnc3ncccn23)n1. The Hall–Kier alpha value is -2.48. The predicted molar refractivity (Wildman–Crippen MR) is 79.1 cm³/mol. The summed E-state index contributed by atoms with van der Waals surface area (Å²) in [5.41, 5.74) is 0.856. The molecule has 1 N–H and O–H groups in total. The number of carbonyl (C=O) groups is 1. The van der Waals surface area contributed by atoms with Crippen LogP contribution in [0, 0.1) is 6.92 Å². The molecule has 0 saturated carbocycles. The lowest BCUT2D eigenvalue weighted by Crippen LogP contribution is -2.15. The molecule has 0 aromatic carbocycles. The quantitative estimate of drug-likeness (QED) is 0.736. The van der Waals surface area contributed by atoms with Crippen LogP contribution >= 0.6 is 11.8 Å². The molecule has 3 heterocycles. The summed E-state index contributed by atoms with van der Waals surface area (Å²) in [4.78, 5) is 20.2. The van der Waals surface area contributed by atoms with Crippen LogP contribution in [0.1, 0.15) is 5.69 Å². The third kappa shape index (κ3) is 3.16. The van der Waals surface area contributed by atoms with E-state index in [0.717, 1.165) is 5.69 Å². The zero-order valence-electron chi connectivity index (χ0n) is 11.2. The summed E-state index contributed by atoms with van der Waals surface area (Å²) in [7, 11) is 0. The number of fused-ring (bicyclic) bond motifs is 1. The molecule has 3 rings (SSSR count). The van der Waals surface area contributed by atoms with Gasteiger partial charge in [0.1, 0.15) is 5.82 Å². The van der Waals surface area contributed by atoms with Crippen LogP contribution in [0.3, 0.4) is 0 Å². The van der Waals surface area contributed by atoms with Crippen molar-refractivity contribution < 1.29 is 4.79 Å². The van der Waals surface area contributed by atoms with Gasteiger partial charge in [0, 0.05) is 18.1 Å². The summed E-state index contributed by atoms with van der Waals surface area (Å²) < 4.78 is 1.74. The molecule has 0 aliphatic heterocycles. The molecule has 0 bridgehead atoms. The average Bonchev–Trinajstić information content (AvgIpc) is 2.88. The van der Waals surface area contributed by atoms with E-state index < -0.39 is 0 Å². The standard InChI is InChI=1S/C13H12N6OS/c1-9-4-2-5-10(15-9)16-11(20)8-21-13-18-17-12-14-6-3-7-19(12)13/h2-7H,8H2,1H3,(H,15,16,20). The van der Waals surface area contributed by atoms with Crippen LogP contribution in [-0.4, -0.2) is 36.2 Å². The second-order valence-electron chi connectivity index (χ2n) is 4.27. The molecular formula is C13H12N6OS. The Morgan fingerprint density at radius 3 is 3.10 bits per heavy atom. The van der Waals surface area contributed by atoms with Crippen molar-refractivity contribution in [1.29, 1.82) is 0 Å². The van der Waals surface area contributed by atoms with Gasteiger partial charge in [0.2, 0.25) is 5.91 Å². The third-order valence-corrected chi connectivity index (χ3v) is 3.59. The van der Waals surface area contributed by atoms with Crippen molar-refractivity contribution in [3.05, 3.63) is 42.4 Å². The number of pyridine rings is 1. The van der Waals surface area contributed by atoms with E-state index in [1.165, 1.54) is 11.8 Å². The van der Waals surface area contributed by atoms with Crippen molar-refractivity contribution in [3.63, 3.8) is 0 Å². The largest absolute Gasteiger partial charge is 0.310 e. The fourth-order valence-electron chi connectivity index (χ4n) is 1.74. The van der Waals surface area contributed by atoms with Gasteiger partial charge in [0.15, 0.2) is 5.16 Å². The van der Waals surface area contributed by atoms with Gasteiger partial charge in [-0.05, 0) is 25.1 Å². The van der Waals surface area contributed by atoms with E-state index >= 15 is 0 Å². The molecule has 21 heavy (non-hydrogen) atoms. The van der Waals surface area contributed by atoms with Gasteiger partial charge in [-0.3, -0.25) is 9.20 Å². The fourth-order valence-corrected chi connectivity index (χ4v) is 2.45. The minimum Gasteiger partial charge on any atom is -0.310 e. The van der Waals surface area contributed by atoms with Crippen molar-refractivity contribution in [2.45, 2.75) is 12.1 Å². The zero-order chi connectivity index (χ0) is 14.7. The normalized spacial score (nSPS) is 10.7. The first-order chi connectivity index (χ1) is 10.2. The number of nitrogens with zero attached hydrogens (tertiary/aromatic N) is 5. The van der Waals surface area contributed by atoms with Gasteiger partial charge in [0.25, 0.3) is 5.78 Å². The monoisotopic (exact) mass is 300 g/mol. The minimum absolute atomic E-state index is 0.140. The molecule has 0 aliphatic rings. The lowest BCUT2D eigenvalue weighted by atomic mass is 10.4. The fraction of sp³-hybridized carbons (Fsp3) is 0.154. The number of aromatic nitrogens is 5. The highest BCUT2D eigenvalue weighted by Gasteiger charge is 2.10. The van der Waals surface area contributed by atoms with Gasteiger partial charge in [-0.1, -0.05) is 17.8 Å². The number of thioether (sulfide) groups is 1. The molecule has 0 unspecified atom stereocenters. The summed E-state index contributed by atoms with van der Waals surface area (Å²) in [6.45, 7) is 1.87. The first-order valence-electron chi connectivity index (χ1n) is 6.24. The van der Waals surface area contributed by atoms with Crippen LogP contribution in [0.2, 0.25) is 0 Å². The van der Waals surface area contributed by atoms with Gasteiger partial charge < -0.3 is 5.32 Å². The van der Waals surface area contributed by atoms with Crippen molar-refractivity contribution in [1.82, 2.24) is 24.6 Å². The molecule has 0 saturated heterocycles. The van der Waals surface area contributed by atoms with Gasteiger partial charge in [-0.15, -0.1) is 10.2 Å². The molecule has 8 heteroatoms. The summed E-state index contributed by atoms with van der Waals surface area (Å²) in [6, 6.07) is 7.27. The highest BCUT2D eigenvalue weighted by molar-refractivity contribution is 7.99. The summed E-state index contributed by atoms with van der Waals surface area (Å²) >= 11 is 1.30. The number of amides is 1. The van der Waals surface area contributed by atoms with Gasteiger partial charge in [-0.2, -0.15) is 0 Å². The Kier molecular flexibility index (Phi) is 3.78. The molecule has 106 valence electrons. The van der Waals surface area contributed by atoms with Crippen LogP contribution < -0.4 is 5.32 Å². The Balaban J connectivity index is 1.63. The minimum atomic E-state index is -0.140. The summed E-state index contributed by atoms with van der Waals surface area (Å²) in [5.74, 6) is 1.15. The molecule has 3 aromatic heterocycles. The van der Waals surface area contributed by atoms with Crippen LogP contribution in [0.15, 0.2) is 41.8 Å². The number of rotatable bonds is 4. The van der Waals surface area contributed by atoms with E-state index in [-0.39, 0.29) is 11.7 Å². The van der Waals surface area contributed by atoms with Crippen LogP contribution in [0.5, 0.6) is 0 Å². The first kappa shape index (κ1) is 13.5. The number of anilines is 1. The van der Waals surface area contributed by atoms with E-state index in [0.29, 0.717) is 16.8 Å². The Labute approximate surface area is 124 Å². The van der Waals surface area contributed by atoms with Crippen LogP contribution in [-0.2, 0) is 4.79 Å². The second kappa shape index (κ2) is 5.88. The summed E-state index contributed by atoms with van der Waals surface area (Å²) in [6.07, 6.45) is 3.46. The maximum absolute atomic E-state index is 11.9. The first-order valence-corrected chi connectivity index (χ1v) is 7.23. The number of nitrogens with one attached hydrogen (secondary N) is 1. The maximum Gasteiger partial charge on any atom is 0.255 e. The van der Waals surface area contributed by atoms with Crippen LogP contribution in [0.4, 0.5) is 5.82 Å². The molecule has 0 radical (unpaired) electrons. The molecule has 0 atom stereocenters. The molecule has 1 amide bonds. The van der Waals surface area contributed by atoms with E-state index in [1.54, 1.807) is 22.7 Å². The summed E-state index contributed by atoms with van der Waals surface area (Å²) in [5, 5.41) is 11.3. The van der Waals surface area contributed by atoms with Gasteiger partial charge in [0.05, 0.1) is 5.75 Å². The average molecular weight is 300 g/mol. The zero-order valence-corrected chi connectivity index (χ0v) is 12.0.